The number of hydrogen-bond acceptors (Lipinski definition) is 2. The number of thiophene rings is 1. The van der Waals surface area contributed by atoms with E-state index in [4.69, 9.17) is 5.73 Å². The minimum atomic E-state index is -4.50. The van der Waals surface area contributed by atoms with E-state index in [-0.39, 0.29) is 0 Å². The molecule has 0 bridgehead atoms. The van der Waals surface area contributed by atoms with Gasteiger partial charge in [0.1, 0.15) is 0 Å². The van der Waals surface area contributed by atoms with Crippen molar-refractivity contribution in [3.63, 3.8) is 0 Å². The van der Waals surface area contributed by atoms with Gasteiger partial charge in [0.2, 0.25) is 5.91 Å². The summed E-state index contributed by atoms with van der Waals surface area (Å²) < 4.78 is 36.1. The Morgan fingerprint density at radius 3 is 2.33 bits per heavy atom. The summed E-state index contributed by atoms with van der Waals surface area (Å²) in [4.78, 5) is 10.5. The average Bonchev–Trinajstić information content (AvgIpc) is 2.30. The van der Waals surface area contributed by atoms with Crippen LogP contribution in [-0.2, 0) is 6.18 Å². The number of nitrogens with two attached hydrogens (primary N) is 1. The van der Waals surface area contributed by atoms with Crippen molar-refractivity contribution < 1.29 is 18.0 Å². The quantitative estimate of drug-likeness (QED) is 0.730. The first-order valence-corrected chi connectivity index (χ1v) is 3.80. The van der Waals surface area contributed by atoms with Crippen LogP contribution in [0.5, 0.6) is 0 Å². The molecule has 1 aromatic rings. The topological polar surface area (TPSA) is 43.1 Å². The van der Waals surface area contributed by atoms with Crippen LogP contribution in [0.2, 0.25) is 0 Å². The lowest BCUT2D eigenvalue weighted by molar-refractivity contribution is -0.137. The Morgan fingerprint density at radius 1 is 1.42 bits per heavy atom. The Bertz CT molecular complexity index is 304. The first-order valence-electron chi connectivity index (χ1n) is 2.86. The SMILES string of the molecule is NC(=O)c1cscc1C(F)(F)F. The molecule has 0 aliphatic rings. The predicted molar refractivity (Wildman–Crippen MR) is 37.8 cm³/mol. The largest absolute Gasteiger partial charge is 0.417 e. The summed E-state index contributed by atoms with van der Waals surface area (Å²) in [6.45, 7) is 0. The van der Waals surface area contributed by atoms with Gasteiger partial charge in [-0.25, -0.2) is 0 Å². The highest BCUT2D eigenvalue weighted by atomic mass is 32.1. The molecule has 0 aromatic carbocycles. The van der Waals surface area contributed by atoms with Gasteiger partial charge in [-0.2, -0.15) is 24.5 Å². The first kappa shape index (κ1) is 9.05. The molecular weight excluding hydrogens is 191 g/mol. The van der Waals surface area contributed by atoms with E-state index in [1.54, 1.807) is 0 Å². The van der Waals surface area contributed by atoms with Gasteiger partial charge >= 0.3 is 6.18 Å². The van der Waals surface area contributed by atoms with Gasteiger partial charge in [-0.3, -0.25) is 4.79 Å². The van der Waals surface area contributed by atoms with Crippen LogP contribution < -0.4 is 5.73 Å². The zero-order valence-corrected chi connectivity index (χ0v) is 6.50. The van der Waals surface area contributed by atoms with E-state index in [1.165, 1.54) is 0 Å². The smallest absolute Gasteiger partial charge is 0.366 e. The molecule has 12 heavy (non-hydrogen) atoms. The van der Waals surface area contributed by atoms with Crippen molar-refractivity contribution in [3.8, 4) is 0 Å². The zero-order chi connectivity index (χ0) is 9.35. The van der Waals surface area contributed by atoms with Gasteiger partial charge in [-0.15, -0.1) is 0 Å². The van der Waals surface area contributed by atoms with Crippen LogP contribution in [-0.4, -0.2) is 5.91 Å². The predicted octanol–water partition coefficient (Wildman–Crippen LogP) is 1.87. The number of hydrogen-bond donors (Lipinski definition) is 1. The molecule has 0 unspecified atom stereocenters. The van der Waals surface area contributed by atoms with Crippen LogP contribution in [0.4, 0.5) is 13.2 Å². The van der Waals surface area contributed by atoms with Crippen molar-refractivity contribution in [2.75, 3.05) is 0 Å². The van der Waals surface area contributed by atoms with Crippen molar-refractivity contribution in [3.05, 3.63) is 21.9 Å². The average molecular weight is 195 g/mol. The molecule has 0 radical (unpaired) electrons. The molecule has 1 amide bonds. The zero-order valence-electron chi connectivity index (χ0n) is 5.68. The highest BCUT2D eigenvalue weighted by Gasteiger charge is 2.35. The number of carbonyl (C=O) groups excluding carboxylic acids is 1. The molecule has 1 heterocycles. The third-order valence-corrected chi connectivity index (χ3v) is 1.98. The van der Waals surface area contributed by atoms with Gasteiger partial charge in [0.25, 0.3) is 0 Å². The highest BCUT2D eigenvalue weighted by molar-refractivity contribution is 7.08. The van der Waals surface area contributed by atoms with E-state index in [2.05, 4.69) is 0 Å². The lowest BCUT2D eigenvalue weighted by atomic mass is 10.2. The molecule has 1 rings (SSSR count). The molecule has 0 aliphatic carbocycles. The summed E-state index contributed by atoms with van der Waals surface area (Å²) in [6.07, 6.45) is -4.50. The molecule has 0 spiro atoms. The van der Waals surface area contributed by atoms with E-state index < -0.39 is 23.2 Å². The van der Waals surface area contributed by atoms with Crippen molar-refractivity contribution in [1.82, 2.24) is 0 Å². The van der Waals surface area contributed by atoms with Crippen LogP contribution in [0.1, 0.15) is 15.9 Å². The van der Waals surface area contributed by atoms with Gasteiger partial charge < -0.3 is 5.73 Å². The number of rotatable bonds is 1. The van der Waals surface area contributed by atoms with Crippen LogP contribution >= 0.6 is 11.3 Å². The molecule has 0 fully saturated rings. The van der Waals surface area contributed by atoms with Crippen LogP contribution in [0.3, 0.4) is 0 Å². The summed E-state index contributed by atoms with van der Waals surface area (Å²) in [5.74, 6) is -1.05. The Balaban J connectivity index is 3.17. The normalized spacial score (nSPS) is 11.6. The first-order chi connectivity index (χ1) is 5.43. The Labute approximate surface area is 69.8 Å². The Kier molecular flexibility index (Phi) is 2.10. The van der Waals surface area contributed by atoms with Crippen LogP contribution in [0.15, 0.2) is 10.8 Å². The maximum absolute atomic E-state index is 12.0. The van der Waals surface area contributed by atoms with Gasteiger partial charge in [0.05, 0.1) is 11.1 Å². The summed E-state index contributed by atoms with van der Waals surface area (Å²) >= 11 is 0.801. The van der Waals surface area contributed by atoms with E-state index in [0.29, 0.717) is 0 Å². The number of carbonyl (C=O) groups is 1. The third-order valence-electron chi connectivity index (χ3n) is 1.23. The summed E-state index contributed by atoms with van der Waals surface area (Å²) in [5, 5.41) is 1.95. The fourth-order valence-electron chi connectivity index (χ4n) is 0.707. The van der Waals surface area contributed by atoms with Crippen LogP contribution in [0, 0.1) is 0 Å². The molecule has 0 saturated heterocycles. The summed E-state index contributed by atoms with van der Waals surface area (Å²) in [5.41, 5.74) is 3.30. The van der Waals surface area contributed by atoms with Gasteiger partial charge in [-0.05, 0) is 0 Å². The fourth-order valence-corrected chi connectivity index (χ4v) is 1.55. The minimum absolute atomic E-state index is 0.465. The van der Waals surface area contributed by atoms with Crippen LogP contribution in [0.25, 0.3) is 0 Å². The molecule has 6 heteroatoms. The second kappa shape index (κ2) is 2.78. The lowest BCUT2D eigenvalue weighted by Crippen LogP contribution is -2.16. The summed E-state index contributed by atoms with van der Waals surface area (Å²) in [6, 6.07) is 0. The van der Waals surface area contributed by atoms with E-state index in [9.17, 15) is 18.0 Å². The van der Waals surface area contributed by atoms with Gasteiger partial charge in [0, 0.05) is 10.8 Å². The standard InChI is InChI=1S/C6H4F3NOS/c7-6(8,9)4-2-12-1-3(4)5(10)11/h1-2H,(H2,10,11). The molecule has 0 saturated carbocycles. The Hall–Kier alpha value is -1.04. The minimum Gasteiger partial charge on any atom is -0.366 e. The molecule has 66 valence electrons. The van der Waals surface area contributed by atoms with Gasteiger partial charge in [0.15, 0.2) is 0 Å². The molecule has 0 atom stereocenters. The van der Waals surface area contributed by atoms with Crippen molar-refractivity contribution in [2.24, 2.45) is 5.73 Å². The third kappa shape index (κ3) is 1.58. The number of alkyl halides is 3. The maximum Gasteiger partial charge on any atom is 0.417 e. The molecule has 1 aromatic heterocycles. The number of amides is 1. The van der Waals surface area contributed by atoms with Crippen molar-refractivity contribution >= 4 is 17.2 Å². The number of halogens is 3. The van der Waals surface area contributed by atoms with Crippen molar-refractivity contribution in [1.29, 1.82) is 0 Å². The highest BCUT2D eigenvalue weighted by Crippen LogP contribution is 2.33. The van der Waals surface area contributed by atoms with Crippen molar-refractivity contribution in [2.45, 2.75) is 6.18 Å². The molecule has 2 nitrogen and oxygen atoms in total. The molecular formula is C6H4F3NOS. The second-order valence-electron chi connectivity index (χ2n) is 2.06. The summed E-state index contributed by atoms with van der Waals surface area (Å²) in [7, 11) is 0. The van der Waals surface area contributed by atoms with E-state index in [1.807, 2.05) is 0 Å². The Morgan fingerprint density at radius 2 is 2.00 bits per heavy atom. The maximum atomic E-state index is 12.0. The van der Waals surface area contributed by atoms with Gasteiger partial charge in [-0.1, -0.05) is 0 Å². The number of primary amides is 1. The van der Waals surface area contributed by atoms with E-state index in [0.717, 1.165) is 22.1 Å². The van der Waals surface area contributed by atoms with E-state index >= 15 is 0 Å². The molecule has 2 N–H and O–H groups in total. The molecule has 0 aliphatic heterocycles. The fraction of sp³-hybridized carbons (Fsp3) is 0.167. The second-order valence-corrected chi connectivity index (χ2v) is 2.80. The lowest BCUT2D eigenvalue weighted by Gasteiger charge is -2.04. The monoisotopic (exact) mass is 195 g/mol.